The van der Waals surface area contributed by atoms with Gasteiger partial charge in [0.1, 0.15) is 0 Å². The fraction of sp³-hybridized carbons (Fsp3) is 0.318. The van der Waals surface area contributed by atoms with Gasteiger partial charge in [-0.15, -0.1) is 0 Å². The highest BCUT2D eigenvalue weighted by atomic mass is 19.4. The Morgan fingerprint density at radius 1 is 1.10 bits per heavy atom. The van der Waals surface area contributed by atoms with Crippen LogP contribution in [0.4, 0.5) is 18.9 Å². The third kappa shape index (κ3) is 3.69. The Balaban J connectivity index is 1.59. The molecule has 1 aliphatic rings. The van der Waals surface area contributed by atoms with Gasteiger partial charge in [-0.25, -0.2) is 0 Å². The Bertz CT molecular complexity index is 1100. The molecule has 0 saturated carbocycles. The Kier molecular flexibility index (Phi) is 4.88. The molecule has 0 N–H and O–H groups in total. The highest BCUT2D eigenvalue weighted by Crippen LogP contribution is 2.36. The number of anilines is 1. The minimum atomic E-state index is -4.45. The number of aryl methyl sites for hydroxylation is 3. The maximum absolute atomic E-state index is 13.0. The molecule has 1 unspecified atom stereocenters. The van der Waals surface area contributed by atoms with Gasteiger partial charge in [0.25, 0.3) is 0 Å². The molecular formula is C22H20F3N3O2. The second-order valence-corrected chi connectivity index (χ2v) is 7.69. The van der Waals surface area contributed by atoms with E-state index < -0.39 is 11.7 Å². The van der Waals surface area contributed by atoms with E-state index in [0.717, 1.165) is 34.5 Å². The topological polar surface area (TPSA) is 59.2 Å². The Morgan fingerprint density at radius 3 is 2.47 bits per heavy atom. The van der Waals surface area contributed by atoms with Gasteiger partial charge in [-0.2, -0.15) is 18.2 Å². The minimum absolute atomic E-state index is 0.0473. The molecule has 2 aromatic carbocycles. The van der Waals surface area contributed by atoms with Gasteiger partial charge in [-0.05, 0) is 44.0 Å². The maximum atomic E-state index is 13.0. The molecule has 4 rings (SSSR count). The Hall–Kier alpha value is -3.16. The maximum Gasteiger partial charge on any atom is 0.416 e. The molecule has 0 bridgehead atoms. The van der Waals surface area contributed by atoms with E-state index in [1.807, 2.05) is 32.9 Å². The number of benzene rings is 2. The monoisotopic (exact) mass is 415 g/mol. The number of hydrogen-bond acceptors (Lipinski definition) is 4. The third-order valence-electron chi connectivity index (χ3n) is 5.27. The number of rotatable bonds is 3. The molecule has 3 aromatic rings. The van der Waals surface area contributed by atoms with Crippen molar-refractivity contribution in [1.29, 1.82) is 0 Å². The summed E-state index contributed by atoms with van der Waals surface area (Å²) < 4.78 is 44.2. The molecule has 1 atom stereocenters. The van der Waals surface area contributed by atoms with Crippen molar-refractivity contribution < 1.29 is 22.5 Å². The molecular weight excluding hydrogens is 395 g/mol. The first kappa shape index (κ1) is 20.1. The lowest BCUT2D eigenvalue weighted by Gasteiger charge is -2.21. The number of carbonyl (C=O) groups excluding carboxylic acids is 1. The number of halogens is 3. The Morgan fingerprint density at radius 2 is 1.80 bits per heavy atom. The summed E-state index contributed by atoms with van der Waals surface area (Å²) in [5.41, 5.74) is 3.46. The quantitative estimate of drug-likeness (QED) is 0.590. The van der Waals surface area contributed by atoms with Crippen LogP contribution in [0.1, 0.15) is 40.5 Å². The van der Waals surface area contributed by atoms with Gasteiger partial charge in [0.2, 0.25) is 17.6 Å². The van der Waals surface area contributed by atoms with Gasteiger partial charge >= 0.3 is 6.18 Å². The second-order valence-electron chi connectivity index (χ2n) is 7.69. The molecule has 30 heavy (non-hydrogen) atoms. The van der Waals surface area contributed by atoms with Crippen LogP contribution in [0.3, 0.4) is 0 Å². The van der Waals surface area contributed by atoms with Crippen molar-refractivity contribution in [3.63, 3.8) is 0 Å². The molecule has 5 nitrogen and oxygen atoms in total. The van der Waals surface area contributed by atoms with Gasteiger partial charge in [0.05, 0.1) is 11.5 Å². The number of nitrogens with zero attached hydrogens (tertiary/aromatic N) is 3. The van der Waals surface area contributed by atoms with Crippen molar-refractivity contribution in [1.82, 2.24) is 10.1 Å². The van der Waals surface area contributed by atoms with Crippen molar-refractivity contribution in [2.24, 2.45) is 0 Å². The predicted octanol–water partition coefficient (Wildman–Crippen LogP) is 5.20. The average molecular weight is 415 g/mol. The van der Waals surface area contributed by atoms with Gasteiger partial charge in [-0.3, -0.25) is 4.79 Å². The zero-order valence-electron chi connectivity index (χ0n) is 16.7. The zero-order valence-corrected chi connectivity index (χ0v) is 16.7. The number of hydrogen-bond donors (Lipinski definition) is 0. The summed E-state index contributed by atoms with van der Waals surface area (Å²) in [5.74, 6) is -0.0381. The summed E-state index contributed by atoms with van der Waals surface area (Å²) in [7, 11) is 0. The zero-order chi connectivity index (χ0) is 21.6. The largest absolute Gasteiger partial charge is 0.416 e. The number of alkyl halides is 3. The van der Waals surface area contributed by atoms with Gasteiger partial charge < -0.3 is 9.42 Å². The van der Waals surface area contributed by atoms with Crippen LogP contribution in [0.15, 0.2) is 40.9 Å². The average Bonchev–Trinajstić information content (AvgIpc) is 3.28. The van der Waals surface area contributed by atoms with E-state index in [1.54, 1.807) is 4.90 Å². The normalized spacial score (nSPS) is 17.1. The molecule has 1 aliphatic heterocycles. The molecule has 1 saturated heterocycles. The first-order chi connectivity index (χ1) is 14.1. The SMILES string of the molecule is Cc1cc(C)c(N2CC(c3nc(-c4cccc(C(F)(F)F)c4)no3)CC2=O)c(C)c1. The smallest absolute Gasteiger partial charge is 0.339 e. The fourth-order valence-corrected chi connectivity index (χ4v) is 4.04. The molecule has 1 amide bonds. The molecule has 0 spiro atoms. The minimum Gasteiger partial charge on any atom is -0.339 e. The van der Waals surface area contributed by atoms with Crippen molar-refractivity contribution in [3.05, 3.63) is 64.5 Å². The summed E-state index contributed by atoms with van der Waals surface area (Å²) >= 11 is 0. The lowest BCUT2D eigenvalue weighted by molar-refractivity contribution is -0.137. The first-order valence-electron chi connectivity index (χ1n) is 9.53. The van der Waals surface area contributed by atoms with Crippen LogP contribution in [0.5, 0.6) is 0 Å². The van der Waals surface area contributed by atoms with E-state index >= 15 is 0 Å². The lowest BCUT2D eigenvalue weighted by Crippen LogP contribution is -2.26. The number of amides is 1. The molecule has 8 heteroatoms. The van der Waals surface area contributed by atoms with Crippen LogP contribution in [0, 0.1) is 20.8 Å². The first-order valence-corrected chi connectivity index (χ1v) is 9.53. The van der Waals surface area contributed by atoms with E-state index in [9.17, 15) is 18.0 Å². The second kappa shape index (κ2) is 7.27. The highest BCUT2D eigenvalue weighted by molar-refractivity contribution is 5.97. The van der Waals surface area contributed by atoms with E-state index in [0.29, 0.717) is 6.54 Å². The van der Waals surface area contributed by atoms with E-state index in [1.165, 1.54) is 12.1 Å². The summed E-state index contributed by atoms with van der Waals surface area (Å²) in [4.78, 5) is 18.7. The third-order valence-corrected chi connectivity index (χ3v) is 5.27. The Labute approximate surface area is 171 Å². The molecule has 2 heterocycles. The standard InChI is InChI=1S/C22H20F3N3O2/c1-12-7-13(2)19(14(3)8-12)28-11-16(10-18(28)29)21-26-20(27-30-21)15-5-4-6-17(9-15)22(23,24)25/h4-9,16H,10-11H2,1-3H3. The fourth-order valence-electron chi connectivity index (χ4n) is 4.04. The van der Waals surface area contributed by atoms with Crippen molar-refractivity contribution in [2.75, 3.05) is 11.4 Å². The van der Waals surface area contributed by atoms with Crippen molar-refractivity contribution in [2.45, 2.75) is 39.3 Å². The summed E-state index contributed by atoms with van der Waals surface area (Å²) in [5, 5.41) is 3.84. The molecule has 1 fully saturated rings. The van der Waals surface area contributed by atoms with Crippen LogP contribution in [0.2, 0.25) is 0 Å². The van der Waals surface area contributed by atoms with Crippen LogP contribution in [-0.2, 0) is 11.0 Å². The van der Waals surface area contributed by atoms with Crippen molar-refractivity contribution in [3.8, 4) is 11.4 Å². The number of carbonyl (C=O) groups is 1. The number of aromatic nitrogens is 2. The lowest BCUT2D eigenvalue weighted by atomic mass is 10.0. The van der Waals surface area contributed by atoms with Crippen molar-refractivity contribution >= 4 is 11.6 Å². The molecule has 0 aliphatic carbocycles. The van der Waals surface area contributed by atoms with Gasteiger partial charge in [0.15, 0.2) is 0 Å². The molecule has 0 radical (unpaired) electrons. The summed E-state index contributed by atoms with van der Waals surface area (Å²) in [6.45, 7) is 6.32. The molecule has 1 aromatic heterocycles. The predicted molar refractivity (Wildman–Crippen MR) is 105 cm³/mol. The van der Waals surface area contributed by atoms with Crippen LogP contribution in [0.25, 0.3) is 11.4 Å². The van der Waals surface area contributed by atoms with Crippen LogP contribution in [-0.4, -0.2) is 22.6 Å². The highest BCUT2D eigenvalue weighted by Gasteiger charge is 2.36. The van der Waals surface area contributed by atoms with Gasteiger partial charge in [0, 0.05) is 24.2 Å². The summed E-state index contributed by atoms with van der Waals surface area (Å²) in [6.07, 6.45) is -4.25. The van der Waals surface area contributed by atoms with E-state index in [-0.39, 0.29) is 35.5 Å². The van der Waals surface area contributed by atoms with E-state index in [2.05, 4.69) is 10.1 Å². The van der Waals surface area contributed by atoms with Crippen LogP contribution < -0.4 is 4.90 Å². The van der Waals surface area contributed by atoms with Crippen LogP contribution >= 0.6 is 0 Å². The molecule has 156 valence electrons. The summed E-state index contributed by atoms with van der Waals surface area (Å²) in [6, 6.07) is 8.83. The van der Waals surface area contributed by atoms with E-state index in [4.69, 9.17) is 4.52 Å². The van der Waals surface area contributed by atoms with Gasteiger partial charge in [-0.1, -0.05) is 35.0 Å².